The molecule has 134 valence electrons. The van der Waals surface area contributed by atoms with Crippen molar-refractivity contribution >= 4 is 10.2 Å². The smallest absolute Gasteiger partial charge is 0.387 e. The number of aryl methyl sites for hydroxylation is 1. The Morgan fingerprint density at radius 1 is 1.29 bits per heavy atom. The van der Waals surface area contributed by atoms with Gasteiger partial charge in [0, 0.05) is 19.1 Å². The van der Waals surface area contributed by atoms with Gasteiger partial charge in [-0.15, -0.1) is 0 Å². The van der Waals surface area contributed by atoms with Crippen LogP contribution in [-0.2, 0) is 21.4 Å². The minimum Gasteiger partial charge on any atom is -0.435 e. The molecule has 1 heterocycles. The predicted octanol–water partition coefficient (Wildman–Crippen LogP) is 1.83. The van der Waals surface area contributed by atoms with Gasteiger partial charge in [0.05, 0.1) is 13.2 Å². The van der Waals surface area contributed by atoms with E-state index in [4.69, 9.17) is 4.74 Å². The Morgan fingerprint density at radius 2 is 2.04 bits per heavy atom. The number of benzene rings is 1. The number of morpholine rings is 1. The van der Waals surface area contributed by atoms with E-state index in [0.29, 0.717) is 39.1 Å². The number of hydrogen-bond donors (Lipinski definition) is 1. The summed E-state index contributed by atoms with van der Waals surface area (Å²) in [5, 5.41) is 0. The second-order valence-electron chi connectivity index (χ2n) is 5.82. The normalized spacial score (nSPS) is 22.4. The molecule has 0 spiro atoms. The van der Waals surface area contributed by atoms with Crippen molar-refractivity contribution in [2.45, 2.75) is 31.9 Å². The molecule has 1 atom stereocenters. The van der Waals surface area contributed by atoms with Crippen LogP contribution in [-0.4, -0.2) is 45.6 Å². The number of halogens is 2. The van der Waals surface area contributed by atoms with Gasteiger partial charge in [0.15, 0.2) is 0 Å². The fourth-order valence-corrected chi connectivity index (χ4v) is 4.51. The third kappa shape index (κ3) is 4.02. The number of ether oxygens (including phenoxy) is 2. The van der Waals surface area contributed by atoms with Crippen LogP contribution in [0, 0.1) is 0 Å². The van der Waals surface area contributed by atoms with Crippen LogP contribution in [0.15, 0.2) is 18.2 Å². The first-order valence-corrected chi connectivity index (χ1v) is 9.32. The summed E-state index contributed by atoms with van der Waals surface area (Å²) in [7, 11) is -3.60. The second-order valence-corrected chi connectivity index (χ2v) is 7.52. The molecule has 1 aliphatic carbocycles. The molecule has 0 radical (unpaired) electrons. The summed E-state index contributed by atoms with van der Waals surface area (Å²) in [6.45, 7) is -1.44. The third-order valence-corrected chi connectivity index (χ3v) is 5.88. The monoisotopic (exact) mass is 362 g/mol. The van der Waals surface area contributed by atoms with Crippen molar-refractivity contribution in [3.05, 3.63) is 29.3 Å². The van der Waals surface area contributed by atoms with Crippen LogP contribution in [0.3, 0.4) is 0 Å². The van der Waals surface area contributed by atoms with Crippen molar-refractivity contribution in [3.8, 4) is 5.75 Å². The number of alkyl halides is 2. The van der Waals surface area contributed by atoms with Crippen molar-refractivity contribution in [1.29, 1.82) is 0 Å². The van der Waals surface area contributed by atoms with E-state index in [9.17, 15) is 17.2 Å². The molecule has 1 fully saturated rings. The fourth-order valence-electron chi connectivity index (χ4n) is 3.13. The van der Waals surface area contributed by atoms with Crippen molar-refractivity contribution in [1.82, 2.24) is 9.03 Å². The Balaban J connectivity index is 1.76. The highest BCUT2D eigenvalue weighted by Crippen LogP contribution is 2.33. The van der Waals surface area contributed by atoms with Crippen molar-refractivity contribution in [2.75, 3.05) is 26.3 Å². The zero-order valence-corrected chi connectivity index (χ0v) is 13.9. The molecule has 1 N–H and O–H groups in total. The maximum absolute atomic E-state index is 12.5. The Bertz CT molecular complexity index is 678. The van der Waals surface area contributed by atoms with Crippen LogP contribution in [0.2, 0.25) is 0 Å². The Labute approximate surface area is 139 Å². The average molecular weight is 362 g/mol. The van der Waals surface area contributed by atoms with Crippen LogP contribution in [0.25, 0.3) is 0 Å². The highest BCUT2D eigenvalue weighted by molar-refractivity contribution is 7.87. The van der Waals surface area contributed by atoms with Gasteiger partial charge in [0.2, 0.25) is 0 Å². The minimum absolute atomic E-state index is 0.0976. The number of hydrogen-bond acceptors (Lipinski definition) is 4. The molecule has 6 nitrogen and oxygen atoms in total. The number of nitrogens with zero attached hydrogens (tertiary/aromatic N) is 1. The van der Waals surface area contributed by atoms with Crippen LogP contribution in [0.1, 0.15) is 30.0 Å². The van der Waals surface area contributed by atoms with Gasteiger partial charge >= 0.3 is 6.61 Å². The van der Waals surface area contributed by atoms with E-state index in [2.05, 4.69) is 9.46 Å². The lowest BCUT2D eigenvalue weighted by Crippen LogP contribution is -2.47. The van der Waals surface area contributed by atoms with E-state index in [1.165, 1.54) is 10.4 Å². The zero-order valence-electron chi connectivity index (χ0n) is 13.1. The molecule has 9 heteroatoms. The Kier molecular flexibility index (Phi) is 5.33. The van der Waals surface area contributed by atoms with Crippen LogP contribution in [0.4, 0.5) is 8.78 Å². The van der Waals surface area contributed by atoms with Gasteiger partial charge in [-0.05, 0) is 42.5 Å². The SMILES string of the molecule is O=S(=O)(NC1CCCc2cc(OC(F)F)ccc21)N1CCOCC1. The number of fused-ring (bicyclic) bond motifs is 1. The summed E-state index contributed by atoms with van der Waals surface area (Å²) in [6, 6.07) is 4.32. The predicted molar refractivity (Wildman–Crippen MR) is 83.2 cm³/mol. The summed E-state index contributed by atoms with van der Waals surface area (Å²) in [4.78, 5) is 0. The van der Waals surface area contributed by atoms with E-state index < -0.39 is 16.8 Å². The largest absolute Gasteiger partial charge is 0.435 e. The first-order valence-electron chi connectivity index (χ1n) is 7.88. The van der Waals surface area contributed by atoms with Crippen molar-refractivity contribution < 1.29 is 26.7 Å². The lowest BCUT2D eigenvalue weighted by molar-refractivity contribution is -0.0499. The highest BCUT2D eigenvalue weighted by atomic mass is 32.2. The maximum atomic E-state index is 12.5. The summed E-state index contributed by atoms with van der Waals surface area (Å²) < 4.78 is 63.4. The van der Waals surface area contributed by atoms with Crippen LogP contribution >= 0.6 is 0 Å². The standard InChI is InChI=1S/C15H20F2N2O4S/c16-15(17)23-12-4-5-13-11(10-12)2-1-3-14(13)18-24(20,21)19-6-8-22-9-7-19/h4-5,10,14-15,18H,1-3,6-9H2. The molecule has 1 aromatic rings. The molecule has 1 saturated heterocycles. The van der Waals surface area contributed by atoms with Crippen LogP contribution < -0.4 is 9.46 Å². The van der Waals surface area contributed by atoms with Gasteiger partial charge in [-0.1, -0.05) is 6.07 Å². The highest BCUT2D eigenvalue weighted by Gasteiger charge is 2.30. The van der Waals surface area contributed by atoms with Crippen molar-refractivity contribution in [2.24, 2.45) is 0 Å². The topological polar surface area (TPSA) is 67.9 Å². The molecule has 1 aromatic carbocycles. The van der Waals surface area contributed by atoms with Crippen LogP contribution in [0.5, 0.6) is 5.75 Å². The second kappa shape index (κ2) is 7.30. The molecule has 2 aliphatic rings. The molecule has 0 bridgehead atoms. The van der Waals surface area contributed by atoms with Gasteiger partial charge in [0.25, 0.3) is 10.2 Å². The van der Waals surface area contributed by atoms with E-state index >= 15 is 0 Å². The summed E-state index contributed by atoms with van der Waals surface area (Å²) in [5.74, 6) is 0.0976. The molecule has 0 saturated carbocycles. The lowest BCUT2D eigenvalue weighted by Gasteiger charge is -2.31. The number of rotatable bonds is 5. The molecule has 3 rings (SSSR count). The molecule has 1 aliphatic heterocycles. The molecular weight excluding hydrogens is 342 g/mol. The van der Waals surface area contributed by atoms with Gasteiger partial charge in [-0.3, -0.25) is 0 Å². The quantitative estimate of drug-likeness (QED) is 0.868. The summed E-state index contributed by atoms with van der Waals surface area (Å²) in [5.41, 5.74) is 1.66. The molecule has 0 amide bonds. The Hall–Kier alpha value is -1.29. The zero-order chi connectivity index (χ0) is 17.2. The van der Waals surface area contributed by atoms with Gasteiger partial charge < -0.3 is 9.47 Å². The van der Waals surface area contributed by atoms with E-state index in [1.807, 2.05) is 0 Å². The molecular formula is C15H20F2N2O4S. The third-order valence-electron chi connectivity index (χ3n) is 4.26. The first-order chi connectivity index (χ1) is 11.5. The van der Waals surface area contributed by atoms with E-state index in [-0.39, 0.29) is 11.8 Å². The van der Waals surface area contributed by atoms with E-state index in [1.54, 1.807) is 12.1 Å². The Morgan fingerprint density at radius 3 is 2.75 bits per heavy atom. The van der Waals surface area contributed by atoms with Gasteiger partial charge in [-0.2, -0.15) is 26.2 Å². The fraction of sp³-hybridized carbons (Fsp3) is 0.600. The molecule has 1 unspecified atom stereocenters. The summed E-state index contributed by atoms with van der Waals surface area (Å²) >= 11 is 0. The van der Waals surface area contributed by atoms with Gasteiger partial charge in [-0.25, -0.2) is 0 Å². The minimum atomic E-state index is -3.60. The summed E-state index contributed by atoms with van der Waals surface area (Å²) in [6.07, 6.45) is 2.17. The number of nitrogens with one attached hydrogen (secondary N) is 1. The molecule has 24 heavy (non-hydrogen) atoms. The lowest BCUT2D eigenvalue weighted by atomic mass is 9.88. The first kappa shape index (κ1) is 17.5. The average Bonchev–Trinajstić information content (AvgIpc) is 2.55. The van der Waals surface area contributed by atoms with Crippen molar-refractivity contribution in [3.63, 3.8) is 0 Å². The van der Waals surface area contributed by atoms with E-state index in [0.717, 1.165) is 17.5 Å². The van der Waals surface area contributed by atoms with Gasteiger partial charge in [0.1, 0.15) is 5.75 Å². The molecule has 0 aromatic heterocycles. The maximum Gasteiger partial charge on any atom is 0.387 e.